The molecule has 1 heterocycles. The number of thioether (sulfide) groups is 1. The Bertz CT molecular complexity index is 664. The maximum absolute atomic E-state index is 11.8. The molecule has 0 unspecified atom stereocenters. The molecule has 0 aliphatic rings. The van der Waals surface area contributed by atoms with Gasteiger partial charge in [0.05, 0.1) is 6.61 Å². The van der Waals surface area contributed by atoms with E-state index in [4.69, 9.17) is 4.74 Å². The number of carbonyl (C=O) groups excluding carboxylic acids is 2. The highest BCUT2D eigenvalue weighted by Gasteiger charge is 2.10. The number of anilines is 1. The lowest BCUT2D eigenvalue weighted by molar-refractivity contribution is -0.116. The fraction of sp³-hybridized carbons (Fsp3) is 0.333. The molecule has 7 nitrogen and oxygen atoms in total. The maximum Gasteiger partial charge on any atom is 0.251 e. The molecule has 0 aliphatic heterocycles. The van der Waals surface area contributed by atoms with Gasteiger partial charge in [0, 0.05) is 31.4 Å². The zero-order chi connectivity index (χ0) is 17.2. The minimum Gasteiger partial charge on any atom is -0.384 e. The van der Waals surface area contributed by atoms with Crippen LogP contribution in [0.4, 0.5) is 5.13 Å². The van der Waals surface area contributed by atoms with Crippen molar-refractivity contribution in [3.8, 4) is 0 Å². The van der Waals surface area contributed by atoms with Gasteiger partial charge in [-0.2, -0.15) is 0 Å². The molecular weight excluding hydrogens is 348 g/mol. The summed E-state index contributed by atoms with van der Waals surface area (Å²) < 4.78 is 5.74. The van der Waals surface area contributed by atoms with E-state index in [2.05, 4.69) is 20.8 Å². The van der Waals surface area contributed by atoms with Gasteiger partial charge in [-0.1, -0.05) is 41.3 Å². The number of methoxy groups -OCH3 is 1. The van der Waals surface area contributed by atoms with E-state index in [0.29, 0.717) is 17.3 Å². The van der Waals surface area contributed by atoms with Crippen molar-refractivity contribution < 1.29 is 14.3 Å². The van der Waals surface area contributed by atoms with E-state index in [1.807, 2.05) is 6.07 Å². The fourth-order valence-corrected chi connectivity index (χ4v) is 3.43. The average Bonchev–Trinajstić information content (AvgIpc) is 3.03. The third kappa shape index (κ3) is 6.26. The average molecular weight is 366 g/mol. The van der Waals surface area contributed by atoms with E-state index < -0.39 is 0 Å². The lowest BCUT2D eigenvalue weighted by atomic mass is 10.2. The Morgan fingerprint density at radius 3 is 2.79 bits per heavy atom. The maximum atomic E-state index is 11.8. The first-order chi connectivity index (χ1) is 11.7. The number of hydrogen-bond acceptors (Lipinski definition) is 7. The lowest BCUT2D eigenvalue weighted by Gasteiger charge is -2.04. The highest BCUT2D eigenvalue weighted by Crippen LogP contribution is 2.25. The molecule has 128 valence electrons. The number of ether oxygens (including phenoxy) is 1. The summed E-state index contributed by atoms with van der Waals surface area (Å²) in [6, 6.07) is 8.87. The van der Waals surface area contributed by atoms with Crippen LogP contribution in [0.1, 0.15) is 16.8 Å². The summed E-state index contributed by atoms with van der Waals surface area (Å²) >= 11 is 2.84. The Balaban J connectivity index is 1.69. The van der Waals surface area contributed by atoms with Crippen molar-refractivity contribution in [3.05, 3.63) is 35.9 Å². The van der Waals surface area contributed by atoms with Gasteiger partial charge >= 0.3 is 0 Å². The number of benzene rings is 1. The normalized spacial score (nSPS) is 10.4. The van der Waals surface area contributed by atoms with E-state index >= 15 is 0 Å². The first kappa shape index (κ1) is 18.4. The van der Waals surface area contributed by atoms with Crippen LogP contribution in [0.5, 0.6) is 0 Å². The highest BCUT2D eigenvalue weighted by molar-refractivity contribution is 8.01. The molecule has 0 spiro atoms. The minimum absolute atomic E-state index is 0.171. The van der Waals surface area contributed by atoms with Gasteiger partial charge in [-0.15, -0.1) is 10.2 Å². The van der Waals surface area contributed by atoms with Gasteiger partial charge in [0.1, 0.15) is 0 Å². The van der Waals surface area contributed by atoms with Crippen LogP contribution in [0.3, 0.4) is 0 Å². The Morgan fingerprint density at radius 2 is 2.04 bits per heavy atom. The smallest absolute Gasteiger partial charge is 0.251 e. The topological polar surface area (TPSA) is 93.2 Å². The predicted octanol–water partition coefficient (Wildman–Crippen LogP) is 2.04. The molecule has 0 radical (unpaired) electrons. The molecule has 1 aromatic carbocycles. The molecule has 2 N–H and O–H groups in total. The number of nitrogens with zero attached hydrogens (tertiary/aromatic N) is 2. The first-order valence-corrected chi connectivity index (χ1v) is 9.07. The summed E-state index contributed by atoms with van der Waals surface area (Å²) in [4.78, 5) is 23.7. The zero-order valence-electron chi connectivity index (χ0n) is 13.2. The number of hydrogen-bond donors (Lipinski definition) is 2. The molecule has 0 aliphatic carbocycles. The van der Waals surface area contributed by atoms with Crippen LogP contribution in [0, 0.1) is 0 Å². The van der Waals surface area contributed by atoms with Crippen LogP contribution in [-0.2, 0) is 9.53 Å². The largest absolute Gasteiger partial charge is 0.384 e. The Hall–Kier alpha value is -1.97. The minimum atomic E-state index is -0.215. The molecule has 24 heavy (non-hydrogen) atoms. The molecule has 0 fully saturated rings. The second kappa shape index (κ2) is 10.0. The van der Waals surface area contributed by atoms with Crippen molar-refractivity contribution >= 4 is 40.0 Å². The molecule has 1 aromatic heterocycles. The van der Waals surface area contributed by atoms with Gasteiger partial charge in [-0.25, -0.2) is 0 Å². The summed E-state index contributed by atoms with van der Waals surface area (Å²) in [6.07, 6.45) is 0.171. The van der Waals surface area contributed by atoms with Crippen LogP contribution in [0.2, 0.25) is 0 Å². The summed E-state index contributed by atoms with van der Waals surface area (Å²) in [5.74, 6) is 0.369. The standard InChI is InChI=1S/C15H18N4O3S2/c1-22-9-10-23-15-19-18-14(24-15)17-12(20)7-8-16-13(21)11-5-3-2-4-6-11/h2-6H,7-10H2,1H3,(H,16,21)(H,17,18,20). The van der Waals surface area contributed by atoms with E-state index in [1.165, 1.54) is 23.1 Å². The van der Waals surface area contributed by atoms with Crippen LogP contribution < -0.4 is 10.6 Å². The van der Waals surface area contributed by atoms with Gasteiger partial charge in [0.2, 0.25) is 11.0 Å². The van der Waals surface area contributed by atoms with Gasteiger partial charge in [-0.05, 0) is 12.1 Å². The number of carbonyl (C=O) groups is 2. The van der Waals surface area contributed by atoms with Crippen molar-refractivity contribution in [2.75, 3.05) is 31.3 Å². The van der Waals surface area contributed by atoms with Crippen molar-refractivity contribution in [1.29, 1.82) is 0 Å². The van der Waals surface area contributed by atoms with Crippen LogP contribution in [0.25, 0.3) is 0 Å². The van der Waals surface area contributed by atoms with E-state index in [1.54, 1.807) is 31.4 Å². The van der Waals surface area contributed by atoms with Crippen molar-refractivity contribution in [3.63, 3.8) is 0 Å². The lowest BCUT2D eigenvalue weighted by Crippen LogP contribution is -2.27. The quantitative estimate of drug-likeness (QED) is 0.401. The van der Waals surface area contributed by atoms with Crippen molar-refractivity contribution in [2.24, 2.45) is 0 Å². The van der Waals surface area contributed by atoms with Gasteiger partial charge in [-0.3, -0.25) is 9.59 Å². The van der Waals surface area contributed by atoms with E-state index in [-0.39, 0.29) is 24.8 Å². The number of nitrogens with one attached hydrogen (secondary N) is 2. The fourth-order valence-electron chi connectivity index (χ4n) is 1.69. The van der Waals surface area contributed by atoms with Gasteiger partial charge in [0.15, 0.2) is 4.34 Å². The molecule has 2 rings (SSSR count). The second-order valence-electron chi connectivity index (χ2n) is 4.63. The molecule has 2 aromatic rings. The van der Waals surface area contributed by atoms with E-state index in [0.717, 1.165) is 10.1 Å². The van der Waals surface area contributed by atoms with Gasteiger partial charge in [0.25, 0.3) is 5.91 Å². The molecule has 2 amide bonds. The number of amides is 2. The third-order valence-electron chi connectivity index (χ3n) is 2.84. The molecular formula is C15H18N4O3S2. The summed E-state index contributed by atoms with van der Waals surface area (Å²) in [7, 11) is 1.64. The number of rotatable bonds is 9. The Morgan fingerprint density at radius 1 is 1.25 bits per heavy atom. The molecule has 0 atom stereocenters. The SMILES string of the molecule is COCCSc1nnc(NC(=O)CCNC(=O)c2ccccc2)s1. The molecule has 0 bridgehead atoms. The third-order valence-corrected chi connectivity index (χ3v) is 4.78. The van der Waals surface area contributed by atoms with E-state index in [9.17, 15) is 9.59 Å². The predicted molar refractivity (Wildman–Crippen MR) is 94.5 cm³/mol. The zero-order valence-corrected chi connectivity index (χ0v) is 14.8. The number of aromatic nitrogens is 2. The Labute approximate surface area is 148 Å². The Kier molecular flexibility index (Phi) is 7.66. The molecule has 0 saturated heterocycles. The van der Waals surface area contributed by atoms with Crippen LogP contribution >= 0.6 is 23.1 Å². The summed E-state index contributed by atoms with van der Waals surface area (Å²) in [5, 5.41) is 13.7. The van der Waals surface area contributed by atoms with Crippen molar-refractivity contribution in [2.45, 2.75) is 10.8 Å². The van der Waals surface area contributed by atoms with Gasteiger partial charge < -0.3 is 15.4 Å². The first-order valence-electron chi connectivity index (χ1n) is 7.27. The van der Waals surface area contributed by atoms with Crippen molar-refractivity contribution in [1.82, 2.24) is 15.5 Å². The monoisotopic (exact) mass is 366 g/mol. The second-order valence-corrected chi connectivity index (χ2v) is 6.95. The highest BCUT2D eigenvalue weighted by atomic mass is 32.2. The van der Waals surface area contributed by atoms with Crippen LogP contribution in [-0.4, -0.2) is 48.0 Å². The summed E-state index contributed by atoms with van der Waals surface area (Å²) in [6.45, 7) is 0.890. The molecule has 9 heteroatoms. The van der Waals surface area contributed by atoms with Crippen LogP contribution in [0.15, 0.2) is 34.7 Å². The summed E-state index contributed by atoms with van der Waals surface area (Å²) in [5.41, 5.74) is 0.569. The molecule has 0 saturated carbocycles.